The molecule has 0 amide bonds. The van der Waals surface area contributed by atoms with Crippen molar-refractivity contribution in [1.82, 2.24) is 10.0 Å². The standard InChI is InChI=1S/C12H17BrN2O3S/c1-19(16,17)15-4-3-14-8-10-7-11(13)6-9-2-5-18-12(9)10/h6-7,14-15H,2-5,8H2,1H3. The van der Waals surface area contributed by atoms with Gasteiger partial charge in [0.25, 0.3) is 0 Å². The van der Waals surface area contributed by atoms with Crippen LogP contribution >= 0.6 is 15.9 Å². The lowest BCUT2D eigenvalue weighted by Crippen LogP contribution is -2.30. The van der Waals surface area contributed by atoms with Crippen LogP contribution in [0.25, 0.3) is 0 Å². The highest BCUT2D eigenvalue weighted by molar-refractivity contribution is 9.10. The molecule has 0 aliphatic carbocycles. The molecule has 1 aliphatic heterocycles. The highest BCUT2D eigenvalue weighted by Crippen LogP contribution is 2.32. The van der Waals surface area contributed by atoms with Gasteiger partial charge >= 0.3 is 0 Å². The molecule has 0 fully saturated rings. The van der Waals surface area contributed by atoms with Crippen molar-refractivity contribution in [3.63, 3.8) is 0 Å². The van der Waals surface area contributed by atoms with E-state index in [0.717, 1.165) is 35.1 Å². The Morgan fingerprint density at radius 2 is 2.16 bits per heavy atom. The monoisotopic (exact) mass is 348 g/mol. The summed E-state index contributed by atoms with van der Waals surface area (Å²) in [5.74, 6) is 0.965. The van der Waals surface area contributed by atoms with Crippen molar-refractivity contribution < 1.29 is 13.2 Å². The maximum atomic E-state index is 10.9. The molecule has 19 heavy (non-hydrogen) atoms. The fourth-order valence-electron chi connectivity index (χ4n) is 2.03. The zero-order valence-electron chi connectivity index (χ0n) is 10.7. The average Bonchev–Trinajstić information content (AvgIpc) is 2.74. The summed E-state index contributed by atoms with van der Waals surface area (Å²) in [6.45, 7) is 2.35. The maximum Gasteiger partial charge on any atom is 0.208 e. The summed E-state index contributed by atoms with van der Waals surface area (Å²) < 4.78 is 30.9. The van der Waals surface area contributed by atoms with E-state index in [4.69, 9.17) is 4.74 Å². The van der Waals surface area contributed by atoms with E-state index in [1.165, 1.54) is 5.56 Å². The van der Waals surface area contributed by atoms with Gasteiger partial charge in [-0.2, -0.15) is 0 Å². The summed E-state index contributed by atoms with van der Waals surface area (Å²) in [5, 5.41) is 3.20. The topological polar surface area (TPSA) is 67.4 Å². The number of hydrogen-bond acceptors (Lipinski definition) is 4. The first kappa shape index (κ1) is 14.8. The highest BCUT2D eigenvalue weighted by Gasteiger charge is 2.16. The Bertz CT molecular complexity index is 560. The highest BCUT2D eigenvalue weighted by atomic mass is 79.9. The van der Waals surface area contributed by atoms with E-state index in [9.17, 15) is 8.42 Å². The normalized spacial score (nSPS) is 14.2. The van der Waals surface area contributed by atoms with E-state index in [1.54, 1.807) is 0 Å². The second kappa shape index (κ2) is 6.21. The molecule has 1 heterocycles. The Balaban J connectivity index is 1.87. The largest absolute Gasteiger partial charge is 0.493 e. The number of rotatable bonds is 6. The molecule has 0 unspecified atom stereocenters. The molecule has 0 spiro atoms. The lowest BCUT2D eigenvalue weighted by Gasteiger charge is -2.10. The molecule has 0 saturated carbocycles. The van der Waals surface area contributed by atoms with Crippen molar-refractivity contribution in [2.75, 3.05) is 26.0 Å². The van der Waals surface area contributed by atoms with E-state index in [2.05, 4.69) is 32.0 Å². The molecule has 1 aromatic carbocycles. The molecule has 7 heteroatoms. The van der Waals surface area contributed by atoms with Gasteiger partial charge in [0.15, 0.2) is 0 Å². The third-order valence-electron chi connectivity index (χ3n) is 2.81. The Labute approximate surface area is 121 Å². The van der Waals surface area contributed by atoms with Crippen LogP contribution < -0.4 is 14.8 Å². The first-order chi connectivity index (χ1) is 8.96. The van der Waals surface area contributed by atoms with Gasteiger partial charge in [0, 0.05) is 36.1 Å². The number of halogens is 1. The van der Waals surface area contributed by atoms with Crippen molar-refractivity contribution in [2.45, 2.75) is 13.0 Å². The van der Waals surface area contributed by atoms with Gasteiger partial charge in [0.05, 0.1) is 12.9 Å². The van der Waals surface area contributed by atoms with Gasteiger partial charge in [0.2, 0.25) is 10.0 Å². The first-order valence-corrected chi connectivity index (χ1v) is 8.73. The Morgan fingerprint density at radius 1 is 1.37 bits per heavy atom. The second-order valence-corrected chi connectivity index (χ2v) is 7.24. The summed E-state index contributed by atoms with van der Waals surface area (Å²) in [5.41, 5.74) is 2.32. The number of hydrogen-bond donors (Lipinski definition) is 2. The summed E-state index contributed by atoms with van der Waals surface area (Å²) in [6, 6.07) is 4.11. The predicted octanol–water partition coefficient (Wildman–Crippen LogP) is 1.02. The molecular weight excluding hydrogens is 332 g/mol. The van der Waals surface area contributed by atoms with E-state index in [1.807, 2.05) is 6.07 Å². The van der Waals surface area contributed by atoms with Gasteiger partial charge in [0.1, 0.15) is 5.75 Å². The van der Waals surface area contributed by atoms with E-state index < -0.39 is 10.0 Å². The van der Waals surface area contributed by atoms with Gasteiger partial charge in [-0.25, -0.2) is 13.1 Å². The number of ether oxygens (including phenoxy) is 1. The van der Waals surface area contributed by atoms with E-state index >= 15 is 0 Å². The molecule has 1 aliphatic rings. The second-order valence-electron chi connectivity index (χ2n) is 4.49. The summed E-state index contributed by atoms with van der Waals surface area (Å²) in [4.78, 5) is 0. The first-order valence-electron chi connectivity index (χ1n) is 6.05. The Hall–Kier alpha value is -0.630. The Morgan fingerprint density at radius 3 is 2.89 bits per heavy atom. The fraction of sp³-hybridized carbons (Fsp3) is 0.500. The van der Waals surface area contributed by atoms with Crippen molar-refractivity contribution in [3.8, 4) is 5.75 Å². The van der Waals surface area contributed by atoms with Gasteiger partial charge < -0.3 is 10.1 Å². The summed E-state index contributed by atoms with van der Waals surface area (Å²) in [7, 11) is -3.11. The fourth-order valence-corrected chi connectivity index (χ4v) is 3.05. The maximum absolute atomic E-state index is 10.9. The van der Waals surface area contributed by atoms with E-state index in [0.29, 0.717) is 19.6 Å². The van der Waals surface area contributed by atoms with Crippen LogP contribution in [0.2, 0.25) is 0 Å². The number of benzene rings is 1. The average molecular weight is 349 g/mol. The van der Waals surface area contributed by atoms with Crippen LogP contribution in [-0.2, 0) is 23.0 Å². The molecule has 0 aromatic heterocycles. The molecule has 2 rings (SSSR count). The molecular formula is C12H17BrN2O3S. The third-order valence-corrected chi connectivity index (χ3v) is 3.99. The smallest absolute Gasteiger partial charge is 0.208 e. The van der Waals surface area contributed by atoms with Crippen LogP contribution in [0.4, 0.5) is 0 Å². The van der Waals surface area contributed by atoms with Crippen molar-refractivity contribution in [1.29, 1.82) is 0 Å². The molecule has 0 saturated heterocycles. The minimum absolute atomic E-state index is 0.385. The predicted molar refractivity (Wildman–Crippen MR) is 77.9 cm³/mol. The van der Waals surface area contributed by atoms with E-state index in [-0.39, 0.29) is 0 Å². The van der Waals surface area contributed by atoms with Gasteiger partial charge in [-0.1, -0.05) is 15.9 Å². The molecule has 0 radical (unpaired) electrons. The van der Waals surface area contributed by atoms with Gasteiger partial charge in [-0.3, -0.25) is 0 Å². The van der Waals surface area contributed by atoms with Crippen molar-refractivity contribution in [2.24, 2.45) is 0 Å². The van der Waals surface area contributed by atoms with Crippen LogP contribution in [0.3, 0.4) is 0 Å². The number of fused-ring (bicyclic) bond motifs is 1. The van der Waals surface area contributed by atoms with Gasteiger partial charge in [-0.05, 0) is 17.7 Å². The lowest BCUT2D eigenvalue weighted by molar-refractivity contribution is 0.352. The lowest BCUT2D eigenvalue weighted by atomic mass is 10.1. The quantitative estimate of drug-likeness (QED) is 0.753. The summed E-state index contributed by atoms with van der Waals surface area (Å²) >= 11 is 3.49. The molecule has 106 valence electrons. The number of nitrogens with one attached hydrogen (secondary N) is 2. The SMILES string of the molecule is CS(=O)(=O)NCCNCc1cc(Br)cc2c1OCC2. The minimum Gasteiger partial charge on any atom is -0.493 e. The van der Waals surface area contributed by atoms with Crippen LogP contribution in [0.5, 0.6) is 5.75 Å². The van der Waals surface area contributed by atoms with Gasteiger partial charge in [-0.15, -0.1) is 0 Å². The van der Waals surface area contributed by atoms with Crippen molar-refractivity contribution >= 4 is 26.0 Å². The van der Waals surface area contributed by atoms with Crippen molar-refractivity contribution in [3.05, 3.63) is 27.7 Å². The third kappa shape index (κ3) is 4.45. The van der Waals surface area contributed by atoms with Crippen LogP contribution in [0.1, 0.15) is 11.1 Å². The van der Waals surface area contributed by atoms with Crippen LogP contribution in [-0.4, -0.2) is 34.4 Å². The summed E-state index contributed by atoms with van der Waals surface area (Å²) in [6.07, 6.45) is 2.10. The number of sulfonamides is 1. The molecule has 2 N–H and O–H groups in total. The minimum atomic E-state index is -3.11. The molecule has 0 bridgehead atoms. The zero-order valence-corrected chi connectivity index (χ0v) is 13.1. The Kier molecular flexibility index (Phi) is 4.83. The molecule has 0 atom stereocenters. The molecule has 5 nitrogen and oxygen atoms in total. The molecule has 1 aromatic rings. The zero-order chi connectivity index (χ0) is 13.9. The van der Waals surface area contributed by atoms with Crippen LogP contribution in [0.15, 0.2) is 16.6 Å². The van der Waals surface area contributed by atoms with Crippen LogP contribution in [0, 0.1) is 0 Å².